The average Bonchev–Trinajstić information content (AvgIpc) is 2.79. The Morgan fingerprint density at radius 3 is 2.25 bits per heavy atom. The van der Waals surface area contributed by atoms with Gasteiger partial charge in [-0.15, -0.1) is 0 Å². The van der Waals surface area contributed by atoms with Crippen molar-refractivity contribution in [2.75, 3.05) is 13.2 Å². The molecule has 0 N–H and O–H groups in total. The van der Waals surface area contributed by atoms with Crippen LogP contribution >= 0.6 is 0 Å². The number of hydrogen-bond acceptors (Lipinski definition) is 2. The van der Waals surface area contributed by atoms with Crippen molar-refractivity contribution in [2.24, 2.45) is 11.8 Å². The summed E-state index contributed by atoms with van der Waals surface area (Å²) in [7, 11) is 0. The Kier molecular flexibility index (Phi) is 8.13. The molecule has 0 saturated heterocycles. The fourth-order valence-electron chi connectivity index (χ4n) is 4.51. The van der Waals surface area contributed by atoms with Gasteiger partial charge in [-0.05, 0) is 60.6 Å². The molecule has 0 bridgehead atoms. The topological polar surface area (TPSA) is 18.5 Å². The summed E-state index contributed by atoms with van der Waals surface area (Å²) >= 11 is 0. The van der Waals surface area contributed by atoms with Gasteiger partial charge in [0.1, 0.15) is 11.5 Å². The van der Waals surface area contributed by atoms with Crippen molar-refractivity contribution in [3.8, 4) is 22.6 Å². The quantitative estimate of drug-likeness (QED) is 0.343. The lowest BCUT2D eigenvalue weighted by Crippen LogP contribution is -2.26. The molecule has 1 aliphatic carbocycles. The Morgan fingerprint density at radius 1 is 0.906 bits per heavy atom. The van der Waals surface area contributed by atoms with Crippen LogP contribution in [0.1, 0.15) is 77.1 Å². The molecule has 0 aliphatic heterocycles. The molecule has 2 nitrogen and oxygen atoms in total. The van der Waals surface area contributed by atoms with E-state index in [1.165, 1.54) is 31.4 Å². The molecular weight excluding hydrogens is 413 g/mol. The van der Waals surface area contributed by atoms with E-state index in [0.29, 0.717) is 41.8 Å². The Balaban J connectivity index is 1.75. The lowest BCUT2D eigenvalue weighted by molar-refractivity contribution is -0.0824. The first-order chi connectivity index (χ1) is 15.3. The summed E-state index contributed by atoms with van der Waals surface area (Å²) in [5.41, 5.74) is 0.463. The maximum atomic E-state index is 15.0. The molecule has 2 aromatic rings. The molecule has 3 atom stereocenters. The lowest BCUT2D eigenvalue weighted by Gasteiger charge is -2.31. The van der Waals surface area contributed by atoms with Crippen molar-refractivity contribution in [3.63, 3.8) is 0 Å². The van der Waals surface area contributed by atoms with Gasteiger partial charge in [0.25, 0.3) is 0 Å². The van der Waals surface area contributed by atoms with E-state index < -0.39 is 12.1 Å². The smallest absolute Gasteiger partial charge is 0.308 e. The van der Waals surface area contributed by atoms with Gasteiger partial charge in [0.2, 0.25) is 0 Å². The second kappa shape index (κ2) is 10.6. The highest BCUT2D eigenvalue weighted by Gasteiger charge is 2.49. The summed E-state index contributed by atoms with van der Waals surface area (Å²) in [6.07, 6.45) is 3.38. The highest BCUT2D eigenvalue weighted by Crippen LogP contribution is 2.54. The van der Waals surface area contributed by atoms with E-state index in [9.17, 15) is 4.39 Å². The Labute approximate surface area is 190 Å². The molecule has 0 heterocycles. The monoisotopic (exact) mass is 448 g/mol. The van der Waals surface area contributed by atoms with Crippen LogP contribution in [0.5, 0.6) is 11.5 Å². The molecular formula is C27H35F3O2. The third kappa shape index (κ3) is 5.24. The van der Waals surface area contributed by atoms with Gasteiger partial charge in [-0.25, -0.2) is 4.39 Å². The largest absolute Gasteiger partial charge is 0.494 e. The number of rotatable bonds is 11. The van der Waals surface area contributed by atoms with Crippen molar-refractivity contribution >= 4 is 0 Å². The molecule has 0 spiro atoms. The predicted octanol–water partition coefficient (Wildman–Crippen LogP) is 8.49. The highest BCUT2D eigenvalue weighted by molar-refractivity contribution is 5.76. The standard InChI is InChI=1S/C27H35F3O2/c1-5-8-19(6-2)10-9-18(4)17-32-21-12-14-23-22-13-11-20(31-7-3)15-24(22)26(28)27(29,30)25(23)16-21/h11-16,18-19,26H,5-10,17H2,1-4H3. The second-order valence-corrected chi connectivity index (χ2v) is 8.93. The zero-order valence-corrected chi connectivity index (χ0v) is 19.6. The maximum Gasteiger partial charge on any atom is 0.308 e. The van der Waals surface area contributed by atoms with Crippen LogP contribution < -0.4 is 9.47 Å². The molecule has 3 unspecified atom stereocenters. The van der Waals surface area contributed by atoms with Gasteiger partial charge in [-0.3, -0.25) is 0 Å². The van der Waals surface area contributed by atoms with E-state index in [1.54, 1.807) is 31.2 Å². The molecule has 0 fully saturated rings. The third-order valence-electron chi connectivity index (χ3n) is 6.44. The summed E-state index contributed by atoms with van der Waals surface area (Å²) in [6, 6.07) is 9.35. The predicted molar refractivity (Wildman–Crippen MR) is 123 cm³/mol. The van der Waals surface area contributed by atoms with E-state index in [2.05, 4.69) is 20.8 Å². The van der Waals surface area contributed by atoms with E-state index in [1.807, 2.05) is 0 Å². The third-order valence-corrected chi connectivity index (χ3v) is 6.44. The van der Waals surface area contributed by atoms with Crippen molar-refractivity contribution in [2.45, 2.75) is 71.9 Å². The minimum atomic E-state index is -3.63. The fraction of sp³-hybridized carbons (Fsp3) is 0.556. The van der Waals surface area contributed by atoms with Gasteiger partial charge in [0, 0.05) is 11.1 Å². The molecule has 32 heavy (non-hydrogen) atoms. The zero-order valence-electron chi connectivity index (χ0n) is 19.6. The molecule has 1 aliphatic rings. The van der Waals surface area contributed by atoms with E-state index >= 15 is 8.78 Å². The first kappa shape index (κ1) is 24.5. The number of alkyl halides is 3. The Morgan fingerprint density at radius 2 is 1.59 bits per heavy atom. The van der Waals surface area contributed by atoms with Gasteiger partial charge in [0.05, 0.1) is 13.2 Å². The summed E-state index contributed by atoms with van der Waals surface area (Å²) in [4.78, 5) is 0. The number of fused-ring (bicyclic) bond motifs is 3. The molecule has 0 radical (unpaired) electrons. The molecule has 0 amide bonds. The summed E-state index contributed by atoms with van der Waals surface area (Å²) in [6.45, 7) is 9.20. The molecule has 176 valence electrons. The summed E-state index contributed by atoms with van der Waals surface area (Å²) in [5, 5.41) is 0. The zero-order chi connectivity index (χ0) is 23.3. The Hall–Kier alpha value is -2.17. The second-order valence-electron chi connectivity index (χ2n) is 8.93. The Bertz CT molecular complexity index is 896. The number of ether oxygens (including phenoxy) is 2. The van der Waals surface area contributed by atoms with Crippen molar-refractivity contribution in [1.82, 2.24) is 0 Å². The molecule has 2 aromatic carbocycles. The molecule has 0 saturated carbocycles. The molecule has 3 rings (SSSR count). The van der Waals surface area contributed by atoms with E-state index in [0.717, 1.165) is 18.8 Å². The van der Waals surface area contributed by atoms with Crippen LogP contribution in [0.4, 0.5) is 13.2 Å². The van der Waals surface area contributed by atoms with Crippen LogP contribution in [0.15, 0.2) is 36.4 Å². The van der Waals surface area contributed by atoms with Crippen LogP contribution in [0.3, 0.4) is 0 Å². The van der Waals surface area contributed by atoms with Crippen molar-refractivity contribution in [1.29, 1.82) is 0 Å². The lowest BCUT2D eigenvalue weighted by atomic mass is 9.81. The van der Waals surface area contributed by atoms with E-state index in [4.69, 9.17) is 9.47 Å². The minimum absolute atomic E-state index is 0.0340. The maximum absolute atomic E-state index is 15.0. The van der Waals surface area contributed by atoms with Crippen molar-refractivity contribution in [3.05, 3.63) is 47.5 Å². The summed E-state index contributed by atoms with van der Waals surface area (Å²) in [5.74, 6) is -1.82. The molecule has 5 heteroatoms. The highest BCUT2D eigenvalue weighted by atomic mass is 19.3. The van der Waals surface area contributed by atoms with Gasteiger partial charge < -0.3 is 9.47 Å². The van der Waals surface area contributed by atoms with Crippen molar-refractivity contribution < 1.29 is 22.6 Å². The first-order valence-corrected chi connectivity index (χ1v) is 11.9. The van der Waals surface area contributed by atoms with Crippen LogP contribution in [0, 0.1) is 11.8 Å². The first-order valence-electron chi connectivity index (χ1n) is 11.9. The van der Waals surface area contributed by atoms with Crippen LogP contribution in [0.25, 0.3) is 11.1 Å². The number of benzene rings is 2. The summed E-state index contributed by atoms with van der Waals surface area (Å²) < 4.78 is 56.2. The van der Waals surface area contributed by atoms with Gasteiger partial charge in [-0.2, -0.15) is 8.78 Å². The van der Waals surface area contributed by atoms with Crippen LogP contribution in [-0.4, -0.2) is 13.2 Å². The average molecular weight is 449 g/mol. The van der Waals surface area contributed by atoms with Gasteiger partial charge in [-0.1, -0.05) is 58.6 Å². The van der Waals surface area contributed by atoms with E-state index in [-0.39, 0.29) is 11.1 Å². The van der Waals surface area contributed by atoms with Gasteiger partial charge in [0.15, 0.2) is 6.17 Å². The minimum Gasteiger partial charge on any atom is -0.494 e. The molecule has 0 aromatic heterocycles. The van der Waals surface area contributed by atoms with Crippen LogP contribution in [0.2, 0.25) is 0 Å². The normalized spacial score (nSPS) is 18.4. The number of hydrogen-bond donors (Lipinski definition) is 0. The SMILES string of the molecule is CCCC(CC)CCC(C)COc1ccc2c(c1)C(F)(F)C(F)c1cc(OCC)ccc1-2. The number of halogens is 3. The van der Waals surface area contributed by atoms with Crippen LogP contribution in [-0.2, 0) is 5.92 Å². The van der Waals surface area contributed by atoms with Gasteiger partial charge >= 0.3 is 5.92 Å². The fourth-order valence-corrected chi connectivity index (χ4v) is 4.51.